The molecule has 1 aromatic carbocycles. The highest BCUT2D eigenvalue weighted by Gasteiger charge is 2.26. The third-order valence-corrected chi connectivity index (χ3v) is 3.96. The highest BCUT2D eigenvalue weighted by atomic mass is 16.5. The summed E-state index contributed by atoms with van der Waals surface area (Å²) in [6.45, 7) is 10.3. The average Bonchev–Trinajstić information content (AvgIpc) is 3.22. The maximum absolute atomic E-state index is 10.5. The van der Waals surface area contributed by atoms with Crippen molar-refractivity contribution in [2.45, 2.75) is 58.8 Å². The fourth-order valence-electron chi connectivity index (χ4n) is 2.50. The molecule has 21 heavy (non-hydrogen) atoms. The molecule has 1 unspecified atom stereocenters. The van der Waals surface area contributed by atoms with Gasteiger partial charge >= 0.3 is 0 Å². The minimum Gasteiger partial charge on any atom is -0.491 e. The van der Waals surface area contributed by atoms with Crippen LogP contribution in [0.2, 0.25) is 0 Å². The Hall–Kier alpha value is -1.06. The molecule has 0 bridgehead atoms. The fourth-order valence-corrected chi connectivity index (χ4v) is 2.50. The summed E-state index contributed by atoms with van der Waals surface area (Å²) in [6, 6.07) is 8.30. The van der Waals surface area contributed by atoms with Crippen molar-refractivity contribution in [3.63, 3.8) is 0 Å². The van der Waals surface area contributed by atoms with Gasteiger partial charge in [-0.1, -0.05) is 12.1 Å². The van der Waals surface area contributed by atoms with E-state index in [2.05, 4.69) is 18.7 Å². The van der Waals surface area contributed by atoms with Gasteiger partial charge in [0.05, 0.1) is 12.2 Å². The Morgan fingerprint density at radius 1 is 1.14 bits per heavy atom. The van der Waals surface area contributed by atoms with E-state index in [0.29, 0.717) is 12.6 Å². The van der Waals surface area contributed by atoms with E-state index in [1.54, 1.807) is 0 Å². The summed E-state index contributed by atoms with van der Waals surface area (Å²) in [4.78, 5) is 2.39. The molecule has 1 saturated carbocycles. The molecule has 0 saturated heterocycles. The highest BCUT2D eigenvalue weighted by molar-refractivity contribution is 5.28. The lowest BCUT2D eigenvalue weighted by Gasteiger charge is -2.29. The van der Waals surface area contributed by atoms with Crippen LogP contribution in [0, 0.1) is 5.92 Å². The van der Waals surface area contributed by atoms with Gasteiger partial charge in [0, 0.05) is 19.1 Å². The quantitative estimate of drug-likeness (QED) is 0.794. The first-order valence-electron chi connectivity index (χ1n) is 8.14. The van der Waals surface area contributed by atoms with Gasteiger partial charge in [-0.2, -0.15) is 0 Å². The number of hydrogen-bond donors (Lipinski definition) is 1. The minimum atomic E-state index is -0.431. The van der Waals surface area contributed by atoms with Gasteiger partial charge in [0.1, 0.15) is 5.75 Å². The Morgan fingerprint density at radius 3 is 2.24 bits per heavy atom. The van der Waals surface area contributed by atoms with Crippen molar-refractivity contribution in [2.24, 2.45) is 5.92 Å². The second-order valence-electron chi connectivity index (χ2n) is 6.74. The molecule has 1 aliphatic carbocycles. The summed E-state index contributed by atoms with van der Waals surface area (Å²) in [5, 5.41) is 10.5. The van der Waals surface area contributed by atoms with Crippen LogP contribution in [0.5, 0.6) is 5.75 Å². The predicted octanol–water partition coefficient (Wildman–Crippen LogP) is 3.63. The molecule has 0 radical (unpaired) electrons. The van der Waals surface area contributed by atoms with E-state index in [1.165, 1.54) is 12.8 Å². The van der Waals surface area contributed by atoms with Crippen LogP contribution in [0.15, 0.2) is 24.3 Å². The Bertz CT molecular complexity index is 423. The lowest BCUT2D eigenvalue weighted by Crippen LogP contribution is -2.36. The molecule has 2 rings (SSSR count). The van der Waals surface area contributed by atoms with Gasteiger partial charge in [0.2, 0.25) is 0 Å². The van der Waals surface area contributed by atoms with Crippen molar-refractivity contribution >= 4 is 0 Å². The summed E-state index contributed by atoms with van der Waals surface area (Å²) in [6.07, 6.45) is 2.44. The van der Waals surface area contributed by atoms with Crippen LogP contribution in [-0.2, 0) is 0 Å². The number of hydrogen-bond acceptors (Lipinski definition) is 3. The first-order chi connectivity index (χ1) is 9.95. The molecule has 3 nitrogen and oxygen atoms in total. The Labute approximate surface area is 128 Å². The highest BCUT2D eigenvalue weighted by Crippen LogP contribution is 2.31. The summed E-state index contributed by atoms with van der Waals surface area (Å²) in [5.74, 6) is 1.71. The summed E-state index contributed by atoms with van der Waals surface area (Å²) >= 11 is 0. The number of rotatable bonds is 8. The standard InChI is InChI=1S/C18H29NO2/c1-13(2)19(11-15-5-6-15)12-18(20)16-7-9-17(10-8-16)21-14(3)4/h7-10,13-15,18,20H,5-6,11-12H2,1-4H3. The minimum absolute atomic E-state index is 0.177. The van der Waals surface area contributed by atoms with Crippen molar-refractivity contribution in [1.82, 2.24) is 4.90 Å². The number of nitrogens with zero attached hydrogens (tertiary/aromatic N) is 1. The van der Waals surface area contributed by atoms with Gasteiger partial charge in [0.15, 0.2) is 0 Å². The zero-order valence-corrected chi connectivity index (χ0v) is 13.7. The summed E-state index contributed by atoms with van der Waals surface area (Å²) < 4.78 is 5.64. The molecule has 0 amide bonds. The van der Waals surface area contributed by atoms with Gasteiger partial charge in [0.25, 0.3) is 0 Å². The van der Waals surface area contributed by atoms with Crippen molar-refractivity contribution in [3.05, 3.63) is 29.8 Å². The lowest BCUT2D eigenvalue weighted by molar-refractivity contribution is 0.0923. The van der Waals surface area contributed by atoms with Crippen LogP contribution in [0.3, 0.4) is 0 Å². The molecule has 1 atom stereocenters. The van der Waals surface area contributed by atoms with Crippen molar-refractivity contribution in [1.29, 1.82) is 0 Å². The fraction of sp³-hybridized carbons (Fsp3) is 0.667. The van der Waals surface area contributed by atoms with Gasteiger partial charge < -0.3 is 9.84 Å². The molecule has 1 aromatic rings. The number of ether oxygens (including phenoxy) is 1. The molecule has 118 valence electrons. The van der Waals surface area contributed by atoms with E-state index in [1.807, 2.05) is 38.1 Å². The largest absolute Gasteiger partial charge is 0.491 e. The molecular formula is C18H29NO2. The van der Waals surface area contributed by atoms with Gasteiger partial charge in [-0.05, 0) is 64.2 Å². The maximum atomic E-state index is 10.5. The second kappa shape index (κ2) is 7.28. The Balaban J connectivity index is 1.92. The number of aliphatic hydroxyl groups is 1. The average molecular weight is 291 g/mol. The molecule has 0 aliphatic heterocycles. The SMILES string of the molecule is CC(C)Oc1ccc(C(O)CN(CC2CC2)C(C)C)cc1. The molecule has 3 heteroatoms. The van der Waals surface area contributed by atoms with E-state index < -0.39 is 6.10 Å². The van der Waals surface area contributed by atoms with E-state index in [9.17, 15) is 5.11 Å². The maximum Gasteiger partial charge on any atom is 0.119 e. The monoisotopic (exact) mass is 291 g/mol. The third kappa shape index (κ3) is 5.33. The van der Waals surface area contributed by atoms with Crippen molar-refractivity contribution < 1.29 is 9.84 Å². The van der Waals surface area contributed by atoms with Crippen molar-refractivity contribution in [2.75, 3.05) is 13.1 Å². The normalized spacial score (nSPS) is 16.8. The topological polar surface area (TPSA) is 32.7 Å². The molecule has 1 aliphatic rings. The Kier molecular flexibility index (Phi) is 5.65. The van der Waals surface area contributed by atoms with E-state index in [-0.39, 0.29) is 6.10 Å². The molecule has 1 fully saturated rings. The van der Waals surface area contributed by atoms with Crippen LogP contribution in [0.4, 0.5) is 0 Å². The number of aliphatic hydroxyl groups excluding tert-OH is 1. The van der Waals surface area contributed by atoms with Crippen LogP contribution in [-0.4, -0.2) is 35.2 Å². The van der Waals surface area contributed by atoms with E-state index >= 15 is 0 Å². The Morgan fingerprint density at radius 2 is 1.76 bits per heavy atom. The molecule has 0 spiro atoms. The zero-order chi connectivity index (χ0) is 15.4. The summed E-state index contributed by atoms with van der Waals surface area (Å²) in [5.41, 5.74) is 0.965. The molecular weight excluding hydrogens is 262 g/mol. The van der Waals surface area contributed by atoms with E-state index in [4.69, 9.17) is 4.74 Å². The molecule has 0 aromatic heterocycles. The van der Waals surface area contributed by atoms with Gasteiger partial charge in [-0.15, -0.1) is 0 Å². The number of benzene rings is 1. The summed E-state index contributed by atoms with van der Waals surface area (Å²) in [7, 11) is 0. The first kappa shape index (κ1) is 16.3. The first-order valence-corrected chi connectivity index (χ1v) is 8.14. The van der Waals surface area contributed by atoms with Gasteiger partial charge in [-0.3, -0.25) is 4.90 Å². The van der Waals surface area contributed by atoms with E-state index in [0.717, 1.165) is 23.8 Å². The predicted molar refractivity (Wildman–Crippen MR) is 86.6 cm³/mol. The smallest absolute Gasteiger partial charge is 0.119 e. The van der Waals surface area contributed by atoms with Crippen LogP contribution < -0.4 is 4.74 Å². The van der Waals surface area contributed by atoms with Crippen LogP contribution in [0.1, 0.15) is 52.2 Å². The van der Waals surface area contributed by atoms with Crippen LogP contribution >= 0.6 is 0 Å². The van der Waals surface area contributed by atoms with Crippen LogP contribution in [0.25, 0.3) is 0 Å². The second-order valence-corrected chi connectivity index (χ2v) is 6.74. The lowest BCUT2D eigenvalue weighted by atomic mass is 10.1. The van der Waals surface area contributed by atoms with Gasteiger partial charge in [-0.25, -0.2) is 0 Å². The van der Waals surface area contributed by atoms with Crippen molar-refractivity contribution in [3.8, 4) is 5.75 Å². The third-order valence-electron chi connectivity index (χ3n) is 3.96. The molecule has 0 heterocycles. The molecule has 1 N–H and O–H groups in total. The zero-order valence-electron chi connectivity index (χ0n) is 13.7.